The number of aromatic hydroxyl groups is 4. The zero-order valence-corrected chi connectivity index (χ0v) is 35.4. The van der Waals surface area contributed by atoms with Gasteiger partial charge in [-0.1, -0.05) is 162 Å². The standard InChI is InChI=1S/C30H52O4.C13H20O2.CH4O2P/c1-30(2,27-23-22-26(31)25-28(27)32)24-20-18-16-14-12-10-8-6-4-5-7-9-11-13-15-17-19-21-29(33)34-3;1-4-5-8-13(2,3)11-7-6-10(14)9-12(11)15;1-3-4-2/h22-23,25,31-32H,4-21,24H2,1-3H3;6-7,9,14-15H,4-5,8H2,1-3H3;4H,1H3/q;;+1. The second-order valence-corrected chi connectivity index (χ2v) is 16.2. The summed E-state index contributed by atoms with van der Waals surface area (Å²) in [5.41, 5.74) is 1.74. The van der Waals surface area contributed by atoms with Gasteiger partial charge in [-0.2, -0.15) is 4.52 Å². The molecule has 4 N–H and O–H groups in total. The van der Waals surface area contributed by atoms with E-state index in [1.54, 1.807) is 18.2 Å². The number of phenols is 4. The Labute approximate surface area is 324 Å². The van der Waals surface area contributed by atoms with Gasteiger partial charge in [0.1, 0.15) is 23.0 Å². The van der Waals surface area contributed by atoms with E-state index in [2.05, 4.69) is 43.9 Å². The first kappa shape index (κ1) is 50.2. The maximum atomic E-state index is 11.0. The van der Waals surface area contributed by atoms with Gasteiger partial charge in [-0.15, -0.1) is 0 Å². The molecule has 0 aromatic heterocycles. The van der Waals surface area contributed by atoms with E-state index in [0.29, 0.717) is 6.42 Å². The summed E-state index contributed by atoms with van der Waals surface area (Å²) in [6.45, 7) is 10.8. The Balaban J connectivity index is 0.00000117. The lowest BCUT2D eigenvalue weighted by atomic mass is 9.79. The molecule has 0 amide bonds. The van der Waals surface area contributed by atoms with Crippen LogP contribution in [0.4, 0.5) is 0 Å². The van der Waals surface area contributed by atoms with Crippen LogP contribution in [0, 0.1) is 0 Å². The van der Waals surface area contributed by atoms with Gasteiger partial charge < -0.3 is 25.2 Å². The molecule has 1 atom stereocenters. The van der Waals surface area contributed by atoms with Gasteiger partial charge in [0.15, 0.2) is 0 Å². The second-order valence-electron chi connectivity index (χ2n) is 15.6. The molecule has 0 saturated heterocycles. The molecule has 0 spiro atoms. The van der Waals surface area contributed by atoms with Crippen molar-refractivity contribution in [1.82, 2.24) is 0 Å². The van der Waals surface area contributed by atoms with Crippen molar-refractivity contribution in [3.63, 3.8) is 0 Å². The van der Waals surface area contributed by atoms with Crippen LogP contribution < -0.4 is 0 Å². The predicted octanol–water partition coefficient (Wildman–Crippen LogP) is 13.1. The highest BCUT2D eigenvalue weighted by Gasteiger charge is 2.24. The van der Waals surface area contributed by atoms with Gasteiger partial charge >= 0.3 is 14.7 Å². The summed E-state index contributed by atoms with van der Waals surface area (Å²) in [7, 11) is 2.23. The minimum absolute atomic E-state index is 0.0339. The number of hydrogen-bond donors (Lipinski definition) is 4. The molecule has 0 fully saturated rings. The van der Waals surface area contributed by atoms with Crippen molar-refractivity contribution >= 4 is 14.7 Å². The fourth-order valence-electron chi connectivity index (χ4n) is 6.66. The van der Waals surface area contributed by atoms with Crippen molar-refractivity contribution in [1.29, 1.82) is 0 Å². The summed E-state index contributed by atoms with van der Waals surface area (Å²) in [6, 6.07) is 9.79. The van der Waals surface area contributed by atoms with E-state index in [0.717, 1.165) is 49.7 Å². The molecular formula is C44H76O8P+. The van der Waals surface area contributed by atoms with E-state index in [4.69, 9.17) is 4.57 Å². The number of benzene rings is 2. The quantitative estimate of drug-likeness (QED) is 0.0423. The first-order valence-corrected chi connectivity index (χ1v) is 21.1. The van der Waals surface area contributed by atoms with Crippen molar-refractivity contribution in [2.45, 2.75) is 187 Å². The van der Waals surface area contributed by atoms with E-state index in [1.165, 1.54) is 123 Å². The molecule has 1 unspecified atom stereocenters. The molecule has 2 rings (SSSR count). The highest BCUT2D eigenvalue weighted by atomic mass is 31.1. The summed E-state index contributed by atoms with van der Waals surface area (Å²) < 4.78 is 17.8. The molecule has 304 valence electrons. The Bertz CT molecular complexity index is 1230. The third kappa shape index (κ3) is 25.0. The van der Waals surface area contributed by atoms with Gasteiger partial charge in [0.05, 0.1) is 14.2 Å². The number of methoxy groups -OCH3 is 1. The van der Waals surface area contributed by atoms with Crippen LogP contribution in [0.5, 0.6) is 23.0 Å². The molecular weight excluding hydrogens is 687 g/mol. The summed E-state index contributed by atoms with van der Waals surface area (Å²) in [5.74, 6) is 0.548. The molecule has 8 nitrogen and oxygen atoms in total. The van der Waals surface area contributed by atoms with Crippen molar-refractivity contribution in [3.8, 4) is 23.0 Å². The average molecular weight is 764 g/mol. The Kier molecular flexibility index (Phi) is 28.9. The monoisotopic (exact) mass is 764 g/mol. The zero-order chi connectivity index (χ0) is 40.0. The average Bonchev–Trinajstić information content (AvgIpc) is 3.11. The number of hydrogen-bond acceptors (Lipinski definition) is 8. The summed E-state index contributed by atoms with van der Waals surface area (Å²) >= 11 is 0. The van der Waals surface area contributed by atoms with Gasteiger partial charge in [0, 0.05) is 18.6 Å². The topological polar surface area (TPSA) is 134 Å². The minimum atomic E-state index is -0.610. The van der Waals surface area contributed by atoms with E-state index in [9.17, 15) is 25.2 Å². The highest BCUT2D eigenvalue weighted by Crippen LogP contribution is 2.38. The minimum Gasteiger partial charge on any atom is -0.508 e. The Hall–Kier alpha value is -2.83. The highest BCUT2D eigenvalue weighted by molar-refractivity contribution is 7.17. The summed E-state index contributed by atoms with van der Waals surface area (Å²) in [6.07, 6.45) is 27.1. The smallest absolute Gasteiger partial charge is 0.493 e. The van der Waals surface area contributed by atoms with Crippen LogP contribution in [0.15, 0.2) is 36.4 Å². The summed E-state index contributed by atoms with van der Waals surface area (Å²) in [5, 5.41) is 38.6. The molecule has 0 saturated carbocycles. The molecule has 0 aliphatic heterocycles. The number of unbranched alkanes of at least 4 members (excludes halogenated alkanes) is 17. The van der Waals surface area contributed by atoms with Gasteiger partial charge in [-0.3, -0.25) is 4.79 Å². The maximum absolute atomic E-state index is 11.0. The molecule has 0 aliphatic carbocycles. The van der Waals surface area contributed by atoms with Gasteiger partial charge in [0.2, 0.25) is 0 Å². The van der Waals surface area contributed by atoms with Gasteiger partial charge in [-0.05, 0) is 57.9 Å². The first-order valence-electron chi connectivity index (χ1n) is 20.3. The first-order chi connectivity index (χ1) is 25.2. The molecule has 0 bridgehead atoms. The van der Waals surface area contributed by atoms with Crippen LogP contribution >= 0.6 is 8.69 Å². The van der Waals surface area contributed by atoms with Crippen molar-refractivity contribution in [2.24, 2.45) is 0 Å². The molecule has 0 heterocycles. The van der Waals surface area contributed by atoms with E-state index < -0.39 is 8.69 Å². The van der Waals surface area contributed by atoms with Crippen LogP contribution in [0.3, 0.4) is 0 Å². The van der Waals surface area contributed by atoms with Crippen LogP contribution in [0.25, 0.3) is 0 Å². The molecule has 2 aromatic rings. The molecule has 2 aromatic carbocycles. The van der Waals surface area contributed by atoms with Crippen LogP contribution in [0.2, 0.25) is 0 Å². The fourth-order valence-corrected chi connectivity index (χ4v) is 6.66. The third-order valence-electron chi connectivity index (χ3n) is 10.1. The number of esters is 1. The van der Waals surface area contributed by atoms with Crippen LogP contribution in [-0.2, 0) is 29.5 Å². The number of carbonyl (C=O) groups is 1. The SMILES string of the molecule is CCCCC(C)(C)c1ccc(O)cc1O.COC(=O)CCCCCCCCCCCCCCCCCCCC(C)(C)c1ccc(O)cc1O.CO[PH+]=O. The maximum Gasteiger partial charge on any atom is 0.493 e. The molecule has 9 heteroatoms. The lowest BCUT2D eigenvalue weighted by Crippen LogP contribution is -2.17. The van der Waals surface area contributed by atoms with E-state index >= 15 is 0 Å². The molecule has 0 aliphatic rings. The van der Waals surface area contributed by atoms with E-state index in [-0.39, 0.29) is 39.8 Å². The Morgan fingerprint density at radius 2 is 0.887 bits per heavy atom. The second kappa shape index (κ2) is 30.5. The van der Waals surface area contributed by atoms with Gasteiger partial charge in [0.25, 0.3) is 0 Å². The van der Waals surface area contributed by atoms with Crippen molar-refractivity contribution in [3.05, 3.63) is 47.5 Å². The predicted molar refractivity (Wildman–Crippen MR) is 221 cm³/mol. The van der Waals surface area contributed by atoms with Crippen LogP contribution in [-0.4, -0.2) is 40.6 Å². The zero-order valence-electron chi connectivity index (χ0n) is 34.4. The van der Waals surface area contributed by atoms with Crippen molar-refractivity contribution < 1.29 is 39.0 Å². The molecule has 0 radical (unpaired) electrons. The Morgan fingerprint density at radius 3 is 1.19 bits per heavy atom. The van der Waals surface area contributed by atoms with E-state index in [1.807, 2.05) is 6.07 Å². The van der Waals surface area contributed by atoms with Gasteiger partial charge in [-0.25, -0.2) is 0 Å². The molecule has 53 heavy (non-hydrogen) atoms. The fraction of sp³-hybridized carbons (Fsp3) is 0.705. The number of ether oxygens (including phenoxy) is 1. The lowest BCUT2D eigenvalue weighted by molar-refractivity contribution is -0.140. The normalized spacial score (nSPS) is 11.4. The lowest BCUT2D eigenvalue weighted by Gasteiger charge is -2.26. The largest absolute Gasteiger partial charge is 0.508 e. The summed E-state index contributed by atoms with van der Waals surface area (Å²) in [4.78, 5) is 11.0. The number of carbonyl (C=O) groups excluding carboxylic acids is 1. The number of phenolic OH excluding ortho intramolecular Hbond substituents is 4. The number of rotatable bonds is 26. The van der Waals surface area contributed by atoms with Crippen molar-refractivity contribution in [2.75, 3.05) is 14.2 Å². The van der Waals surface area contributed by atoms with Crippen LogP contribution in [0.1, 0.15) is 187 Å². The Morgan fingerprint density at radius 1 is 0.566 bits per heavy atom. The third-order valence-corrected chi connectivity index (χ3v) is 10.2.